The molecule has 2 amide bonds. The maximum absolute atomic E-state index is 11.9. The summed E-state index contributed by atoms with van der Waals surface area (Å²) in [5.74, 6) is -1.36. The minimum Gasteiger partial charge on any atom is -0.504 e. The van der Waals surface area contributed by atoms with Crippen LogP contribution in [0.1, 0.15) is 24.2 Å². The molecule has 1 aromatic rings. The third-order valence-electron chi connectivity index (χ3n) is 2.81. The molecule has 1 aromatic carbocycles. The highest BCUT2D eigenvalue weighted by Crippen LogP contribution is 2.24. The fraction of sp³-hybridized carbons (Fsp3) is 0.385. The van der Waals surface area contributed by atoms with Crippen LogP contribution in [0.5, 0.6) is 11.5 Å². The van der Waals surface area contributed by atoms with E-state index in [2.05, 4.69) is 5.32 Å². The Bertz CT molecular complexity index is 488. The highest BCUT2D eigenvalue weighted by atomic mass is 16.3. The van der Waals surface area contributed by atoms with Gasteiger partial charge in [0.15, 0.2) is 11.5 Å². The maximum atomic E-state index is 11.9. The number of hydrogen-bond acceptors (Lipinski definition) is 4. The molecule has 19 heavy (non-hydrogen) atoms. The van der Waals surface area contributed by atoms with E-state index in [9.17, 15) is 14.7 Å². The van der Waals surface area contributed by atoms with E-state index in [1.54, 1.807) is 14.0 Å². The summed E-state index contributed by atoms with van der Waals surface area (Å²) in [5.41, 5.74) is 0.175. The molecule has 3 N–H and O–H groups in total. The van der Waals surface area contributed by atoms with Crippen LogP contribution >= 0.6 is 0 Å². The number of hydrogen-bond donors (Lipinski definition) is 3. The van der Waals surface area contributed by atoms with Crippen molar-refractivity contribution in [3.05, 3.63) is 23.8 Å². The van der Waals surface area contributed by atoms with E-state index >= 15 is 0 Å². The van der Waals surface area contributed by atoms with E-state index in [-0.39, 0.29) is 23.0 Å². The van der Waals surface area contributed by atoms with Crippen molar-refractivity contribution in [2.75, 3.05) is 13.6 Å². The zero-order chi connectivity index (χ0) is 14.6. The van der Waals surface area contributed by atoms with Gasteiger partial charge in [0, 0.05) is 19.2 Å². The van der Waals surface area contributed by atoms with E-state index < -0.39 is 11.9 Å². The number of amides is 2. The number of carbonyl (C=O) groups excluding carboxylic acids is 2. The smallest absolute Gasteiger partial charge is 0.252 e. The molecule has 0 bridgehead atoms. The fourth-order valence-electron chi connectivity index (χ4n) is 1.49. The summed E-state index contributed by atoms with van der Waals surface area (Å²) in [6, 6.07) is 3.07. The SMILES string of the molecule is CCN(C)C(=O)C(C)NC(=O)c1ccc(O)c(O)c1. The van der Waals surface area contributed by atoms with Crippen molar-refractivity contribution in [2.45, 2.75) is 19.9 Å². The monoisotopic (exact) mass is 266 g/mol. The second kappa shape index (κ2) is 6.08. The Hall–Kier alpha value is -2.24. The van der Waals surface area contributed by atoms with Crippen LogP contribution < -0.4 is 5.32 Å². The summed E-state index contributed by atoms with van der Waals surface area (Å²) in [6.07, 6.45) is 0. The third-order valence-corrected chi connectivity index (χ3v) is 2.81. The maximum Gasteiger partial charge on any atom is 0.252 e. The first-order valence-electron chi connectivity index (χ1n) is 5.94. The molecule has 1 atom stereocenters. The average molecular weight is 266 g/mol. The molecule has 0 aliphatic rings. The summed E-state index contributed by atoms with van der Waals surface area (Å²) in [5, 5.41) is 21.0. The highest BCUT2D eigenvalue weighted by molar-refractivity contribution is 5.97. The van der Waals surface area contributed by atoms with Crippen molar-refractivity contribution in [3.63, 3.8) is 0 Å². The van der Waals surface area contributed by atoms with Crippen LogP contribution in [0.4, 0.5) is 0 Å². The van der Waals surface area contributed by atoms with Gasteiger partial charge in [-0.15, -0.1) is 0 Å². The van der Waals surface area contributed by atoms with Gasteiger partial charge in [-0.05, 0) is 32.0 Å². The summed E-state index contributed by atoms with van der Waals surface area (Å²) >= 11 is 0. The lowest BCUT2D eigenvalue weighted by atomic mass is 10.1. The number of aromatic hydroxyl groups is 2. The Morgan fingerprint density at radius 3 is 2.47 bits per heavy atom. The molecule has 0 heterocycles. The van der Waals surface area contributed by atoms with Gasteiger partial charge in [-0.2, -0.15) is 0 Å². The molecule has 0 radical (unpaired) electrons. The van der Waals surface area contributed by atoms with Crippen LogP contribution in [0.2, 0.25) is 0 Å². The second-order valence-corrected chi connectivity index (χ2v) is 4.25. The molecular formula is C13H18N2O4. The lowest BCUT2D eigenvalue weighted by Crippen LogP contribution is -2.45. The van der Waals surface area contributed by atoms with Gasteiger partial charge in [0.2, 0.25) is 5.91 Å². The van der Waals surface area contributed by atoms with Gasteiger partial charge in [0.25, 0.3) is 5.91 Å². The van der Waals surface area contributed by atoms with Gasteiger partial charge in [-0.3, -0.25) is 9.59 Å². The molecule has 0 aliphatic carbocycles. The Balaban J connectivity index is 2.74. The molecule has 0 aromatic heterocycles. The lowest BCUT2D eigenvalue weighted by Gasteiger charge is -2.20. The van der Waals surface area contributed by atoms with E-state index in [4.69, 9.17) is 5.11 Å². The standard InChI is InChI=1S/C13H18N2O4/c1-4-15(3)13(19)8(2)14-12(18)9-5-6-10(16)11(17)7-9/h5-8,16-17H,4H2,1-3H3,(H,14,18). The molecule has 6 heteroatoms. The molecule has 0 aliphatic heterocycles. The molecule has 104 valence electrons. The highest BCUT2D eigenvalue weighted by Gasteiger charge is 2.19. The zero-order valence-corrected chi connectivity index (χ0v) is 11.2. The largest absolute Gasteiger partial charge is 0.504 e. The molecule has 1 unspecified atom stereocenters. The molecular weight excluding hydrogens is 248 g/mol. The van der Waals surface area contributed by atoms with Crippen molar-refractivity contribution in [1.29, 1.82) is 0 Å². The lowest BCUT2D eigenvalue weighted by molar-refractivity contribution is -0.131. The van der Waals surface area contributed by atoms with Crippen molar-refractivity contribution in [3.8, 4) is 11.5 Å². The van der Waals surface area contributed by atoms with Crippen molar-refractivity contribution in [2.24, 2.45) is 0 Å². The second-order valence-electron chi connectivity index (χ2n) is 4.25. The Kier molecular flexibility index (Phi) is 4.74. The number of phenolic OH excluding ortho intramolecular Hbond substituents is 2. The van der Waals surface area contributed by atoms with Gasteiger partial charge in [0.05, 0.1) is 0 Å². The molecule has 0 spiro atoms. The molecule has 0 fully saturated rings. The number of rotatable bonds is 4. The quantitative estimate of drug-likeness (QED) is 0.700. The number of likely N-dealkylation sites (N-methyl/N-ethyl adjacent to an activating group) is 1. The van der Waals surface area contributed by atoms with Crippen molar-refractivity contribution < 1.29 is 19.8 Å². The first-order chi connectivity index (χ1) is 8.86. The zero-order valence-electron chi connectivity index (χ0n) is 11.2. The van der Waals surface area contributed by atoms with Gasteiger partial charge >= 0.3 is 0 Å². The predicted molar refractivity (Wildman–Crippen MR) is 70.0 cm³/mol. The van der Waals surface area contributed by atoms with Gasteiger partial charge in [-0.25, -0.2) is 0 Å². The van der Waals surface area contributed by atoms with Crippen LogP contribution in [0.25, 0.3) is 0 Å². The Labute approximate surface area is 111 Å². The van der Waals surface area contributed by atoms with Crippen LogP contribution in [0, 0.1) is 0 Å². The van der Waals surface area contributed by atoms with Gasteiger partial charge < -0.3 is 20.4 Å². The van der Waals surface area contributed by atoms with Crippen LogP contribution in [0.3, 0.4) is 0 Å². The van der Waals surface area contributed by atoms with Crippen LogP contribution in [-0.2, 0) is 4.79 Å². The van der Waals surface area contributed by atoms with Crippen LogP contribution in [-0.4, -0.2) is 46.6 Å². The summed E-state index contributed by atoms with van der Waals surface area (Å²) in [7, 11) is 1.65. The molecule has 0 saturated carbocycles. The molecule has 1 rings (SSSR count). The Morgan fingerprint density at radius 2 is 1.95 bits per heavy atom. The predicted octanol–water partition coefficient (Wildman–Crippen LogP) is 0.694. The first-order valence-corrected chi connectivity index (χ1v) is 5.94. The molecule has 6 nitrogen and oxygen atoms in total. The number of nitrogens with zero attached hydrogens (tertiary/aromatic N) is 1. The number of benzene rings is 1. The van der Waals surface area contributed by atoms with E-state index in [1.807, 2.05) is 6.92 Å². The van der Waals surface area contributed by atoms with Crippen molar-refractivity contribution >= 4 is 11.8 Å². The van der Waals surface area contributed by atoms with E-state index in [0.717, 1.165) is 6.07 Å². The fourth-order valence-corrected chi connectivity index (χ4v) is 1.49. The van der Waals surface area contributed by atoms with E-state index in [1.165, 1.54) is 17.0 Å². The third kappa shape index (κ3) is 3.61. The normalized spacial score (nSPS) is 11.7. The Morgan fingerprint density at radius 1 is 1.32 bits per heavy atom. The minimum atomic E-state index is -0.659. The number of phenols is 2. The number of carbonyl (C=O) groups is 2. The topological polar surface area (TPSA) is 89.9 Å². The van der Waals surface area contributed by atoms with Crippen molar-refractivity contribution in [1.82, 2.24) is 10.2 Å². The molecule has 0 saturated heterocycles. The van der Waals surface area contributed by atoms with Crippen LogP contribution in [0.15, 0.2) is 18.2 Å². The summed E-state index contributed by atoms with van der Waals surface area (Å²) < 4.78 is 0. The summed E-state index contributed by atoms with van der Waals surface area (Å²) in [6.45, 7) is 3.98. The van der Waals surface area contributed by atoms with Gasteiger partial charge in [0.1, 0.15) is 6.04 Å². The summed E-state index contributed by atoms with van der Waals surface area (Å²) in [4.78, 5) is 25.1. The average Bonchev–Trinajstić information content (AvgIpc) is 2.39. The number of nitrogens with one attached hydrogen (secondary N) is 1. The minimum absolute atomic E-state index is 0.175. The first kappa shape index (κ1) is 14.8. The van der Waals surface area contributed by atoms with Gasteiger partial charge in [-0.1, -0.05) is 0 Å². The van der Waals surface area contributed by atoms with E-state index in [0.29, 0.717) is 6.54 Å².